The van der Waals surface area contributed by atoms with Gasteiger partial charge >= 0.3 is 0 Å². The summed E-state index contributed by atoms with van der Waals surface area (Å²) in [7, 11) is 0. The standard InChI is InChI=1S/C22H18Cl3N7O4S/c1-2-28-19-17(25)29-14(18(26)30-19)21(35)32-22(27)31-20(34)10-7-8-6-9(12(23)13(24)16(8)36-10)15(33)11-4-3-5-37-11/h3-6,10H,2,7H2,1H3,(H3,26,28,30)(H3,27,31,32,34,35). The fourth-order valence-electron chi connectivity index (χ4n) is 3.46. The van der Waals surface area contributed by atoms with Gasteiger partial charge in [0.25, 0.3) is 11.8 Å². The van der Waals surface area contributed by atoms with E-state index in [-0.39, 0.29) is 56.0 Å². The molecule has 1 aliphatic heterocycles. The van der Waals surface area contributed by atoms with Gasteiger partial charge in [-0.25, -0.2) is 9.97 Å². The number of guanidine groups is 1. The molecule has 1 aromatic carbocycles. The van der Waals surface area contributed by atoms with Crippen LogP contribution in [0.1, 0.15) is 38.2 Å². The van der Waals surface area contributed by atoms with Crippen molar-refractivity contribution >= 4 is 81.3 Å². The van der Waals surface area contributed by atoms with Gasteiger partial charge in [-0.15, -0.1) is 11.3 Å². The number of carbonyl (C=O) groups is 3. The number of amides is 2. The molecule has 11 nitrogen and oxygen atoms in total. The number of benzene rings is 1. The molecule has 1 unspecified atom stereocenters. The first-order valence-corrected chi connectivity index (χ1v) is 12.6. The lowest BCUT2D eigenvalue weighted by molar-refractivity contribution is -0.125. The highest BCUT2D eigenvalue weighted by atomic mass is 35.5. The van der Waals surface area contributed by atoms with Crippen LogP contribution in [0.4, 0.5) is 11.6 Å². The maximum absolute atomic E-state index is 12.8. The summed E-state index contributed by atoms with van der Waals surface area (Å²) in [5, 5.41) is 16.9. The number of rotatable bonds is 6. The Labute approximate surface area is 229 Å². The van der Waals surface area contributed by atoms with Gasteiger partial charge in [-0.05, 0) is 24.4 Å². The number of anilines is 2. The predicted octanol–water partition coefficient (Wildman–Crippen LogP) is 3.53. The third-order valence-electron chi connectivity index (χ3n) is 5.11. The monoisotopic (exact) mass is 581 g/mol. The molecule has 0 saturated heterocycles. The molecule has 192 valence electrons. The van der Waals surface area contributed by atoms with Crippen LogP contribution >= 0.6 is 46.1 Å². The van der Waals surface area contributed by atoms with Crippen LogP contribution in [0, 0.1) is 5.41 Å². The van der Waals surface area contributed by atoms with Crippen molar-refractivity contribution in [3.63, 3.8) is 0 Å². The van der Waals surface area contributed by atoms with Gasteiger partial charge in [0.2, 0.25) is 11.7 Å². The summed E-state index contributed by atoms with van der Waals surface area (Å²) in [5.41, 5.74) is 6.15. The van der Waals surface area contributed by atoms with E-state index < -0.39 is 23.9 Å². The summed E-state index contributed by atoms with van der Waals surface area (Å²) in [5.74, 6) is -2.43. The van der Waals surface area contributed by atoms with E-state index in [1.807, 2.05) is 6.92 Å². The SMILES string of the molecule is CCNc1nc(N)c(C(=O)NC(=N)NC(=O)C2Cc3cc(C(=O)c4cccs4)c(Cl)c(Cl)c3O2)nc1Cl. The highest BCUT2D eigenvalue weighted by Crippen LogP contribution is 2.43. The summed E-state index contributed by atoms with van der Waals surface area (Å²) >= 11 is 19.9. The van der Waals surface area contributed by atoms with Gasteiger partial charge in [0.15, 0.2) is 28.6 Å². The van der Waals surface area contributed by atoms with E-state index in [4.69, 9.17) is 50.7 Å². The molecule has 37 heavy (non-hydrogen) atoms. The second-order valence-corrected chi connectivity index (χ2v) is 9.66. The molecule has 1 atom stereocenters. The Morgan fingerprint density at radius 2 is 1.97 bits per heavy atom. The van der Waals surface area contributed by atoms with Gasteiger partial charge < -0.3 is 15.8 Å². The molecule has 0 bridgehead atoms. The van der Waals surface area contributed by atoms with Gasteiger partial charge in [0, 0.05) is 24.1 Å². The first kappa shape index (κ1) is 26.6. The van der Waals surface area contributed by atoms with E-state index in [0.717, 1.165) is 0 Å². The van der Waals surface area contributed by atoms with E-state index in [1.165, 1.54) is 17.4 Å². The Bertz CT molecular complexity index is 1430. The third-order valence-corrected chi connectivity index (χ3v) is 7.09. The number of ether oxygens (including phenoxy) is 1. The maximum atomic E-state index is 12.8. The number of nitrogens with two attached hydrogens (primary N) is 1. The minimum absolute atomic E-state index is 0.00434. The Morgan fingerprint density at radius 1 is 1.22 bits per heavy atom. The predicted molar refractivity (Wildman–Crippen MR) is 141 cm³/mol. The molecular weight excluding hydrogens is 565 g/mol. The van der Waals surface area contributed by atoms with Crippen LogP contribution in [0.2, 0.25) is 15.2 Å². The molecule has 0 aliphatic carbocycles. The number of nitrogens with zero attached hydrogens (tertiary/aromatic N) is 2. The van der Waals surface area contributed by atoms with E-state index in [2.05, 4.69) is 25.9 Å². The topological polar surface area (TPSA) is 172 Å². The van der Waals surface area contributed by atoms with Crippen LogP contribution in [0.5, 0.6) is 5.75 Å². The molecule has 0 fully saturated rings. The van der Waals surface area contributed by atoms with Crippen molar-refractivity contribution in [2.75, 3.05) is 17.6 Å². The summed E-state index contributed by atoms with van der Waals surface area (Å²) in [6.07, 6.45) is -1.03. The number of carbonyl (C=O) groups excluding carboxylic acids is 3. The van der Waals surface area contributed by atoms with E-state index >= 15 is 0 Å². The molecule has 2 aromatic heterocycles. The van der Waals surface area contributed by atoms with Crippen LogP contribution in [0.15, 0.2) is 23.6 Å². The van der Waals surface area contributed by atoms with Gasteiger partial charge in [-0.3, -0.25) is 30.4 Å². The number of nitrogens with one attached hydrogen (secondary N) is 4. The molecule has 1 aliphatic rings. The Balaban J connectivity index is 1.42. The lowest BCUT2D eigenvalue weighted by atomic mass is 10.0. The number of aromatic nitrogens is 2. The minimum atomic E-state index is -1.09. The number of hydrogen-bond donors (Lipinski definition) is 5. The fraction of sp³-hybridized carbons (Fsp3) is 0.182. The molecule has 4 rings (SSSR count). The number of ketones is 1. The Hall–Kier alpha value is -3.45. The zero-order valence-electron chi connectivity index (χ0n) is 18.9. The van der Waals surface area contributed by atoms with Crippen LogP contribution in [0.25, 0.3) is 0 Å². The fourth-order valence-corrected chi connectivity index (χ4v) is 4.82. The lowest BCUT2D eigenvalue weighted by Gasteiger charge is -2.14. The van der Waals surface area contributed by atoms with Crippen molar-refractivity contribution in [2.45, 2.75) is 19.4 Å². The van der Waals surface area contributed by atoms with Crippen LogP contribution in [0.3, 0.4) is 0 Å². The van der Waals surface area contributed by atoms with Crippen LogP contribution < -0.4 is 26.4 Å². The summed E-state index contributed by atoms with van der Waals surface area (Å²) in [4.78, 5) is 46.4. The molecule has 0 radical (unpaired) electrons. The molecular formula is C22H18Cl3N7O4S. The maximum Gasteiger partial charge on any atom is 0.280 e. The normalized spacial score (nSPS) is 13.9. The number of hydrogen-bond acceptors (Lipinski definition) is 10. The van der Waals surface area contributed by atoms with Crippen molar-refractivity contribution in [1.29, 1.82) is 5.41 Å². The van der Waals surface area contributed by atoms with Gasteiger partial charge in [-0.1, -0.05) is 40.9 Å². The van der Waals surface area contributed by atoms with Gasteiger partial charge in [-0.2, -0.15) is 0 Å². The van der Waals surface area contributed by atoms with Crippen molar-refractivity contribution in [3.05, 3.63) is 60.5 Å². The Kier molecular flexibility index (Phi) is 7.83. The van der Waals surface area contributed by atoms with Crippen molar-refractivity contribution in [3.8, 4) is 5.75 Å². The third kappa shape index (κ3) is 5.47. The van der Waals surface area contributed by atoms with E-state index in [1.54, 1.807) is 17.5 Å². The first-order chi connectivity index (χ1) is 17.6. The Morgan fingerprint density at radius 3 is 2.65 bits per heavy atom. The second-order valence-electron chi connectivity index (χ2n) is 7.60. The first-order valence-electron chi connectivity index (χ1n) is 10.6. The number of halogens is 3. The molecule has 3 aromatic rings. The average molecular weight is 583 g/mol. The molecule has 0 spiro atoms. The quantitative estimate of drug-likeness (QED) is 0.167. The number of nitrogen functional groups attached to an aromatic ring is 1. The molecule has 2 amide bonds. The van der Waals surface area contributed by atoms with Crippen LogP contribution in [-0.2, 0) is 11.2 Å². The minimum Gasteiger partial charge on any atom is -0.478 e. The van der Waals surface area contributed by atoms with E-state index in [9.17, 15) is 14.4 Å². The smallest absolute Gasteiger partial charge is 0.280 e. The van der Waals surface area contributed by atoms with E-state index in [0.29, 0.717) is 17.0 Å². The second kappa shape index (κ2) is 10.9. The zero-order chi connectivity index (χ0) is 26.9. The molecule has 3 heterocycles. The highest BCUT2D eigenvalue weighted by molar-refractivity contribution is 7.12. The lowest BCUT2D eigenvalue weighted by Crippen LogP contribution is -2.48. The molecule has 0 saturated carbocycles. The zero-order valence-corrected chi connectivity index (χ0v) is 22.0. The number of thiophene rings is 1. The van der Waals surface area contributed by atoms with Gasteiger partial charge in [0.1, 0.15) is 10.8 Å². The number of fused-ring (bicyclic) bond motifs is 1. The van der Waals surface area contributed by atoms with Crippen molar-refractivity contribution < 1.29 is 19.1 Å². The summed E-state index contributed by atoms with van der Waals surface area (Å²) in [6, 6.07) is 4.95. The van der Waals surface area contributed by atoms with Crippen molar-refractivity contribution in [1.82, 2.24) is 20.6 Å². The van der Waals surface area contributed by atoms with Gasteiger partial charge in [0.05, 0.1) is 9.90 Å². The summed E-state index contributed by atoms with van der Waals surface area (Å²) < 4.78 is 5.65. The van der Waals surface area contributed by atoms with Crippen molar-refractivity contribution in [2.24, 2.45) is 0 Å². The average Bonchev–Trinajstić information content (AvgIpc) is 3.53. The molecule has 15 heteroatoms. The molecule has 6 N–H and O–H groups in total. The van der Waals surface area contributed by atoms with Crippen LogP contribution in [-0.4, -0.2) is 46.2 Å². The largest absolute Gasteiger partial charge is 0.478 e. The summed E-state index contributed by atoms with van der Waals surface area (Å²) in [6.45, 7) is 2.32. The highest BCUT2D eigenvalue weighted by Gasteiger charge is 2.34.